The zero-order valence-corrected chi connectivity index (χ0v) is 16.5. The third kappa shape index (κ3) is 4.75. The molecule has 1 fully saturated rings. The van der Waals surface area contributed by atoms with Crippen LogP contribution in [0.1, 0.15) is 18.5 Å². The van der Waals surface area contributed by atoms with Crippen molar-refractivity contribution in [2.45, 2.75) is 13.0 Å². The first kappa shape index (κ1) is 19.6. The van der Waals surface area contributed by atoms with Gasteiger partial charge in [-0.3, -0.25) is 0 Å². The van der Waals surface area contributed by atoms with Crippen LogP contribution in [0.4, 0.5) is 4.79 Å². The van der Waals surface area contributed by atoms with Gasteiger partial charge in [0.05, 0.1) is 44.1 Å². The predicted octanol–water partition coefficient (Wildman–Crippen LogP) is 0.498. The van der Waals surface area contributed by atoms with E-state index < -0.39 is 12.0 Å². The standard InChI is InChI=1S/C19H25N3O4S/c1-3-26-18(23)16-15(12-22-8-10-27-11-9-22)20-19(24)21-17(16)13-4-6-14(25-2)7-5-13/h4-7,17H,3,8-12H2,1-2H3,(H2,20,21,24)/p+1/t17-/m1/s1. The van der Waals surface area contributed by atoms with Crippen LogP contribution >= 0.6 is 11.8 Å². The first-order valence-corrected chi connectivity index (χ1v) is 10.3. The van der Waals surface area contributed by atoms with Gasteiger partial charge < -0.3 is 25.0 Å². The Morgan fingerprint density at radius 1 is 1.26 bits per heavy atom. The van der Waals surface area contributed by atoms with Crippen LogP contribution in [0.2, 0.25) is 0 Å². The molecule has 0 radical (unpaired) electrons. The summed E-state index contributed by atoms with van der Waals surface area (Å²) in [6.45, 7) is 4.70. The molecule has 2 aliphatic heterocycles. The van der Waals surface area contributed by atoms with Gasteiger partial charge in [0.2, 0.25) is 0 Å². The summed E-state index contributed by atoms with van der Waals surface area (Å²) < 4.78 is 10.5. The molecule has 3 rings (SSSR count). The van der Waals surface area contributed by atoms with E-state index in [2.05, 4.69) is 10.6 Å². The zero-order valence-electron chi connectivity index (χ0n) is 15.7. The number of quaternary nitrogens is 1. The average Bonchev–Trinajstić information content (AvgIpc) is 2.68. The molecule has 2 aliphatic rings. The third-order valence-corrected chi connectivity index (χ3v) is 5.71. The minimum Gasteiger partial charge on any atom is -0.497 e. The normalized spacial score (nSPS) is 20.7. The SMILES string of the molecule is CCOC(=O)C1=C(C[NH+]2CCSCC2)NC(=O)N[C@@H]1c1ccc(OC)cc1. The van der Waals surface area contributed by atoms with E-state index in [1.807, 2.05) is 36.0 Å². The molecule has 2 amide bonds. The van der Waals surface area contributed by atoms with Crippen molar-refractivity contribution in [3.05, 3.63) is 41.1 Å². The van der Waals surface area contributed by atoms with Crippen molar-refractivity contribution >= 4 is 23.8 Å². The van der Waals surface area contributed by atoms with Gasteiger partial charge in [0.1, 0.15) is 12.3 Å². The van der Waals surface area contributed by atoms with E-state index in [1.54, 1.807) is 14.0 Å². The molecule has 1 aromatic carbocycles. The Balaban J connectivity index is 1.95. The van der Waals surface area contributed by atoms with Crippen molar-refractivity contribution in [1.29, 1.82) is 0 Å². The monoisotopic (exact) mass is 392 g/mol. The van der Waals surface area contributed by atoms with Gasteiger partial charge in [-0.05, 0) is 24.6 Å². The molecule has 8 heteroatoms. The lowest BCUT2D eigenvalue weighted by atomic mass is 9.95. The summed E-state index contributed by atoms with van der Waals surface area (Å²) in [5, 5.41) is 5.72. The molecule has 7 nitrogen and oxygen atoms in total. The maximum atomic E-state index is 12.8. The summed E-state index contributed by atoms with van der Waals surface area (Å²) in [5.74, 6) is 2.50. The van der Waals surface area contributed by atoms with Crippen LogP contribution in [0.15, 0.2) is 35.5 Å². The fourth-order valence-corrected chi connectivity index (χ4v) is 4.41. The number of hydrogen-bond donors (Lipinski definition) is 3. The first-order valence-electron chi connectivity index (χ1n) is 9.15. The molecule has 146 valence electrons. The average molecular weight is 393 g/mol. The van der Waals surface area contributed by atoms with Gasteiger partial charge in [0.15, 0.2) is 0 Å². The number of amides is 2. The van der Waals surface area contributed by atoms with E-state index in [0.717, 1.165) is 35.9 Å². The summed E-state index contributed by atoms with van der Waals surface area (Å²) in [6.07, 6.45) is 0. The number of urea groups is 1. The molecular formula is C19H26N3O4S+. The van der Waals surface area contributed by atoms with Crippen molar-refractivity contribution in [3.8, 4) is 5.75 Å². The van der Waals surface area contributed by atoms with Gasteiger partial charge in [-0.1, -0.05) is 12.1 Å². The third-order valence-electron chi connectivity index (χ3n) is 4.72. The number of methoxy groups -OCH3 is 1. The molecule has 0 saturated carbocycles. The number of carbonyl (C=O) groups excluding carboxylic acids is 2. The lowest BCUT2D eigenvalue weighted by Crippen LogP contribution is -3.14. The van der Waals surface area contributed by atoms with Gasteiger partial charge in [-0.15, -0.1) is 0 Å². The maximum absolute atomic E-state index is 12.8. The Bertz CT molecular complexity index is 714. The van der Waals surface area contributed by atoms with Gasteiger partial charge >= 0.3 is 12.0 Å². The second kappa shape index (κ2) is 9.14. The van der Waals surface area contributed by atoms with Gasteiger partial charge in [0.25, 0.3) is 0 Å². The molecule has 0 bridgehead atoms. The highest BCUT2D eigenvalue weighted by Gasteiger charge is 2.35. The number of benzene rings is 1. The molecule has 2 heterocycles. The highest BCUT2D eigenvalue weighted by molar-refractivity contribution is 7.99. The maximum Gasteiger partial charge on any atom is 0.338 e. The summed E-state index contributed by atoms with van der Waals surface area (Å²) in [4.78, 5) is 26.4. The number of carbonyl (C=O) groups is 2. The Hall–Kier alpha value is -2.19. The first-order chi connectivity index (χ1) is 13.1. The lowest BCUT2D eigenvalue weighted by Gasteiger charge is -2.31. The molecule has 1 saturated heterocycles. The highest BCUT2D eigenvalue weighted by atomic mass is 32.2. The number of hydrogen-bond acceptors (Lipinski definition) is 5. The van der Waals surface area contributed by atoms with Crippen LogP contribution in [0.5, 0.6) is 5.75 Å². The highest BCUT2D eigenvalue weighted by Crippen LogP contribution is 2.28. The van der Waals surface area contributed by atoms with Crippen LogP contribution in [0.25, 0.3) is 0 Å². The number of ether oxygens (including phenoxy) is 2. The van der Waals surface area contributed by atoms with E-state index in [1.165, 1.54) is 4.90 Å². The van der Waals surface area contributed by atoms with Crippen LogP contribution in [-0.2, 0) is 9.53 Å². The Labute approximate surface area is 163 Å². The van der Waals surface area contributed by atoms with Crippen molar-refractivity contribution in [3.63, 3.8) is 0 Å². The molecule has 1 atom stereocenters. The summed E-state index contributed by atoms with van der Waals surface area (Å²) in [6, 6.07) is 6.51. The molecule has 0 aromatic heterocycles. The van der Waals surface area contributed by atoms with Gasteiger partial charge in [0, 0.05) is 11.5 Å². The molecular weight excluding hydrogens is 366 g/mol. The van der Waals surface area contributed by atoms with Crippen LogP contribution < -0.4 is 20.3 Å². The van der Waals surface area contributed by atoms with Crippen molar-refractivity contribution in [2.24, 2.45) is 0 Å². The van der Waals surface area contributed by atoms with E-state index in [9.17, 15) is 9.59 Å². The fourth-order valence-electron chi connectivity index (χ4n) is 3.34. The Morgan fingerprint density at radius 3 is 2.59 bits per heavy atom. The number of rotatable bonds is 6. The van der Waals surface area contributed by atoms with Crippen LogP contribution in [-0.4, -0.2) is 56.9 Å². The summed E-state index contributed by atoms with van der Waals surface area (Å²) in [7, 11) is 1.60. The van der Waals surface area contributed by atoms with E-state index >= 15 is 0 Å². The van der Waals surface area contributed by atoms with E-state index in [-0.39, 0.29) is 12.6 Å². The van der Waals surface area contributed by atoms with Crippen molar-refractivity contribution in [2.75, 3.05) is 44.9 Å². The zero-order chi connectivity index (χ0) is 19.2. The largest absolute Gasteiger partial charge is 0.497 e. The van der Waals surface area contributed by atoms with Crippen molar-refractivity contribution in [1.82, 2.24) is 10.6 Å². The Morgan fingerprint density at radius 2 is 1.96 bits per heavy atom. The van der Waals surface area contributed by atoms with E-state index in [0.29, 0.717) is 17.8 Å². The number of esters is 1. The van der Waals surface area contributed by atoms with E-state index in [4.69, 9.17) is 9.47 Å². The second-order valence-electron chi connectivity index (χ2n) is 6.46. The smallest absolute Gasteiger partial charge is 0.338 e. The van der Waals surface area contributed by atoms with Gasteiger partial charge in [-0.2, -0.15) is 11.8 Å². The summed E-state index contributed by atoms with van der Waals surface area (Å²) >= 11 is 1.94. The minimum atomic E-state index is -0.544. The topological polar surface area (TPSA) is 81.1 Å². The lowest BCUT2D eigenvalue weighted by molar-refractivity contribution is -0.891. The number of nitrogens with one attached hydrogen (secondary N) is 3. The quantitative estimate of drug-likeness (QED) is 0.615. The van der Waals surface area contributed by atoms with Crippen molar-refractivity contribution < 1.29 is 24.0 Å². The molecule has 0 unspecified atom stereocenters. The van der Waals surface area contributed by atoms with Crippen LogP contribution in [0, 0.1) is 0 Å². The molecule has 1 aromatic rings. The minimum absolute atomic E-state index is 0.284. The molecule has 0 spiro atoms. The Kier molecular flexibility index (Phi) is 6.63. The predicted molar refractivity (Wildman–Crippen MR) is 104 cm³/mol. The van der Waals surface area contributed by atoms with Gasteiger partial charge in [-0.25, -0.2) is 9.59 Å². The summed E-state index contributed by atoms with van der Waals surface area (Å²) in [5.41, 5.74) is 1.95. The van der Waals surface area contributed by atoms with Crippen LogP contribution in [0.3, 0.4) is 0 Å². The molecule has 0 aliphatic carbocycles. The second-order valence-corrected chi connectivity index (χ2v) is 7.68. The molecule has 27 heavy (non-hydrogen) atoms. The number of thioether (sulfide) groups is 1. The fraction of sp³-hybridized carbons (Fsp3) is 0.474. The molecule has 3 N–H and O–H groups in total.